The third-order valence-electron chi connectivity index (χ3n) is 8.63. The number of carbonyl (C=O) groups excluding carboxylic acids is 3. The zero-order valence-corrected chi connectivity index (χ0v) is 26.9. The molecule has 0 spiro atoms. The number of amides is 3. The highest BCUT2D eigenvalue weighted by Crippen LogP contribution is 2.32. The Kier molecular flexibility index (Phi) is 8.51. The van der Waals surface area contributed by atoms with Gasteiger partial charge in [-0.1, -0.05) is 28.4 Å². The van der Waals surface area contributed by atoms with Gasteiger partial charge in [0, 0.05) is 59.0 Å². The first kappa shape index (κ1) is 31.3. The van der Waals surface area contributed by atoms with Gasteiger partial charge in [0.15, 0.2) is 0 Å². The van der Waals surface area contributed by atoms with Gasteiger partial charge < -0.3 is 19.4 Å². The Labute approximate surface area is 271 Å². The zero-order valence-electron chi connectivity index (χ0n) is 25.4. The van der Waals surface area contributed by atoms with Gasteiger partial charge in [-0.15, -0.1) is 5.10 Å². The molecule has 13 heteroatoms. The smallest absolute Gasteiger partial charge is 0.410 e. The van der Waals surface area contributed by atoms with E-state index in [1.807, 2.05) is 4.90 Å². The number of fused-ring (bicyclic) bond motifs is 1. The molecule has 0 radical (unpaired) electrons. The Morgan fingerprint density at radius 1 is 0.956 bits per heavy atom. The maximum atomic E-state index is 14.9. The summed E-state index contributed by atoms with van der Waals surface area (Å²) in [6.07, 6.45) is 3.50. The van der Waals surface area contributed by atoms with Gasteiger partial charge in [-0.2, -0.15) is 0 Å². The topological polar surface area (TPSA) is 101 Å². The molecule has 0 aliphatic carbocycles. The molecule has 3 amide bonds. The van der Waals surface area contributed by atoms with Gasteiger partial charge in [0.05, 0.1) is 12.7 Å². The van der Waals surface area contributed by atoms with E-state index in [-0.39, 0.29) is 24.4 Å². The van der Waals surface area contributed by atoms with E-state index in [1.165, 1.54) is 11.0 Å². The number of nitrogens with zero attached hydrogens (tertiary/aromatic N) is 6. The largest absolute Gasteiger partial charge is 0.444 e. The summed E-state index contributed by atoms with van der Waals surface area (Å²) in [7, 11) is 0. The minimum Gasteiger partial charge on any atom is -0.444 e. The van der Waals surface area contributed by atoms with Gasteiger partial charge >= 0.3 is 6.09 Å². The molecule has 238 valence electrons. The van der Waals surface area contributed by atoms with Crippen LogP contribution in [0.3, 0.4) is 0 Å². The summed E-state index contributed by atoms with van der Waals surface area (Å²) < 4.78 is 22.0. The van der Waals surface area contributed by atoms with Crippen molar-refractivity contribution in [2.45, 2.75) is 70.7 Å². The van der Waals surface area contributed by atoms with Crippen LogP contribution in [-0.2, 0) is 22.5 Å². The van der Waals surface area contributed by atoms with Crippen molar-refractivity contribution in [1.29, 1.82) is 0 Å². The van der Waals surface area contributed by atoms with E-state index < -0.39 is 23.6 Å². The summed E-state index contributed by atoms with van der Waals surface area (Å²) in [5.41, 5.74) is 2.11. The summed E-state index contributed by atoms with van der Waals surface area (Å²) >= 11 is 12.3. The van der Waals surface area contributed by atoms with E-state index in [0.29, 0.717) is 84.3 Å². The number of likely N-dealkylation sites (tertiary alicyclic amines) is 2. The van der Waals surface area contributed by atoms with Crippen LogP contribution in [0.25, 0.3) is 11.3 Å². The van der Waals surface area contributed by atoms with Crippen LogP contribution < -0.4 is 0 Å². The molecule has 1 unspecified atom stereocenters. The van der Waals surface area contributed by atoms with E-state index in [1.54, 1.807) is 60.8 Å². The molecule has 45 heavy (non-hydrogen) atoms. The number of rotatable bonds is 4. The second-order valence-electron chi connectivity index (χ2n) is 12.8. The third-order valence-corrected chi connectivity index (χ3v) is 9.07. The first-order valence-electron chi connectivity index (χ1n) is 15.1. The van der Waals surface area contributed by atoms with Crippen molar-refractivity contribution in [2.24, 2.45) is 0 Å². The summed E-state index contributed by atoms with van der Waals surface area (Å²) in [6, 6.07) is 7.54. The number of aromatic nitrogens is 3. The Morgan fingerprint density at radius 2 is 1.67 bits per heavy atom. The van der Waals surface area contributed by atoms with E-state index in [0.717, 1.165) is 5.56 Å². The molecule has 2 fully saturated rings. The fourth-order valence-electron chi connectivity index (χ4n) is 6.43. The Balaban J connectivity index is 1.08. The molecule has 2 saturated heterocycles. The van der Waals surface area contributed by atoms with E-state index in [4.69, 9.17) is 27.9 Å². The molecule has 4 heterocycles. The average Bonchev–Trinajstić information content (AvgIpc) is 3.62. The summed E-state index contributed by atoms with van der Waals surface area (Å²) in [4.78, 5) is 44.9. The monoisotopic (exact) mass is 656 g/mol. The highest BCUT2D eigenvalue weighted by atomic mass is 35.5. The molecule has 3 aliphatic rings. The maximum absolute atomic E-state index is 14.9. The molecule has 0 saturated carbocycles. The van der Waals surface area contributed by atoms with Crippen LogP contribution in [0.1, 0.15) is 67.6 Å². The lowest BCUT2D eigenvalue weighted by Crippen LogP contribution is -2.48. The van der Waals surface area contributed by atoms with Crippen LogP contribution in [0.4, 0.5) is 9.18 Å². The van der Waals surface area contributed by atoms with Gasteiger partial charge in [0.1, 0.15) is 23.2 Å². The average molecular weight is 658 g/mol. The fourth-order valence-corrected chi connectivity index (χ4v) is 6.95. The van der Waals surface area contributed by atoms with Crippen LogP contribution in [-0.4, -0.2) is 85.4 Å². The van der Waals surface area contributed by atoms with Gasteiger partial charge in [0.2, 0.25) is 5.91 Å². The number of piperidine rings is 1. The number of carbonyl (C=O) groups is 3. The first-order chi connectivity index (χ1) is 21.4. The van der Waals surface area contributed by atoms with E-state index in [9.17, 15) is 18.8 Å². The summed E-state index contributed by atoms with van der Waals surface area (Å²) in [5, 5.41) is 9.45. The standard InChI is InChI=1S/C32H35Cl2FN6O4/c1-32(2,3)45-31(44)39-12-8-23-24(4-5-26(35)25(23)17-39)29(42)38-10-6-22(7-11-38)40-13-9-28(30(40)43)41-18-27(36-37-41)19-14-20(33)16-21(34)15-19/h4-5,14-16,18,22,28H,6-13,17H2,1-3H3. The van der Waals surface area contributed by atoms with Gasteiger partial charge in [0.25, 0.3) is 5.91 Å². The Morgan fingerprint density at radius 3 is 2.36 bits per heavy atom. The highest BCUT2D eigenvalue weighted by molar-refractivity contribution is 6.35. The zero-order chi connectivity index (χ0) is 32.0. The molecular weight excluding hydrogens is 622 g/mol. The normalized spacial score (nSPS) is 19.2. The lowest BCUT2D eigenvalue weighted by molar-refractivity contribution is -0.133. The molecule has 6 rings (SSSR count). The second kappa shape index (κ2) is 12.2. The van der Waals surface area contributed by atoms with Crippen LogP contribution in [0.2, 0.25) is 10.0 Å². The number of halogens is 3. The number of hydrogen-bond acceptors (Lipinski definition) is 6. The summed E-state index contributed by atoms with van der Waals surface area (Å²) in [6.45, 7) is 7.31. The maximum Gasteiger partial charge on any atom is 0.410 e. The second-order valence-corrected chi connectivity index (χ2v) is 13.7. The number of hydrogen-bond donors (Lipinski definition) is 0. The van der Waals surface area contributed by atoms with Crippen LogP contribution >= 0.6 is 23.2 Å². The van der Waals surface area contributed by atoms with Gasteiger partial charge in [-0.3, -0.25) is 9.59 Å². The van der Waals surface area contributed by atoms with Crippen molar-refractivity contribution in [3.05, 3.63) is 69.1 Å². The Hall–Kier alpha value is -3.70. The van der Waals surface area contributed by atoms with Crippen molar-refractivity contribution < 1.29 is 23.5 Å². The van der Waals surface area contributed by atoms with Crippen LogP contribution in [0, 0.1) is 5.82 Å². The minimum absolute atomic E-state index is 0.00537. The van der Waals surface area contributed by atoms with Crippen molar-refractivity contribution in [2.75, 3.05) is 26.2 Å². The molecule has 10 nitrogen and oxygen atoms in total. The van der Waals surface area contributed by atoms with Crippen molar-refractivity contribution in [3.63, 3.8) is 0 Å². The predicted molar refractivity (Wildman–Crippen MR) is 167 cm³/mol. The quantitative estimate of drug-likeness (QED) is 0.354. The molecule has 1 aromatic heterocycles. The lowest BCUT2D eigenvalue weighted by atomic mass is 9.92. The van der Waals surface area contributed by atoms with Crippen molar-refractivity contribution in [3.8, 4) is 11.3 Å². The third kappa shape index (κ3) is 6.51. The molecule has 1 atom stereocenters. The lowest BCUT2D eigenvalue weighted by Gasteiger charge is -2.37. The number of ether oxygens (including phenoxy) is 1. The molecule has 0 bridgehead atoms. The predicted octanol–water partition coefficient (Wildman–Crippen LogP) is 5.76. The van der Waals surface area contributed by atoms with Crippen molar-refractivity contribution >= 4 is 41.1 Å². The molecule has 2 aromatic carbocycles. The Bertz CT molecular complexity index is 1630. The SMILES string of the molecule is CC(C)(C)OC(=O)N1CCc2c(C(=O)N3CCC(N4CCC(n5cc(-c6cc(Cl)cc(Cl)c6)nn5)C4=O)CC3)ccc(F)c2C1. The minimum atomic E-state index is -0.660. The molecule has 3 aromatic rings. The molecular formula is C32H35Cl2FN6O4. The van der Waals surface area contributed by atoms with Crippen LogP contribution in [0.5, 0.6) is 0 Å². The van der Waals surface area contributed by atoms with Gasteiger partial charge in [-0.25, -0.2) is 13.9 Å². The van der Waals surface area contributed by atoms with E-state index in [2.05, 4.69) is 10.3 Å². The summed E-state index contributed by atoms with van der Waals surface area (Å²) in [5.74, 6) is -0.605. The fraction of sp³-hybridized carbons (Fsp3) is 0.469. The number of benzene rings is 2. The van der Waals surface area contributed by atoms with E-state index >= 15 is 0 Å². The van der Waals surface area contributed by atoms with Crippen LogP contribution in [0.15, 0.2) is 36.5 Å². The molecule has 3 aliphatic heterocycles. The first-order valence-corrected chi connectivity index (χ1v) is 15.9. The van der Waals surface area contributed by atoms with Crippen molar-refractivity contribution in [1.82, 2.24) is 29.7 Å². The highest BCUT2D eigenvalue weighted by Gasteiger charge is 2.40. The van der Waals surface area contributed by atoms with Gasteiger partial charge in [-0.05, 0) is 82.3 Å². The molecule has 0 N–H and O–H groups in total.